The van der Waals surface area contributed by atoms with Gasteiger partial charge in [0.25, 0.3) is 0 Å². The van der Waals surface area contributed by atoms with Crippen LogP contribution in [0.3, 0.4) is 0 Å². The average molecular weight is 345 g/mol. The first-order chi connectivity index (χ1) is 12.1. The molecular formula is C20H16N3OP. The number of hydrogen-bond donors (Lipinski definition) is 3. The summed E-state index contributed by atoms with van der Waals surface area (Å²) in [5, 5.41) is 10.5. The maximum absolute atomic E-state index is 12.8. The first-order valence-corrected chi connectivity index (χ1v) is 9.89. The Hall–Kier alpha value is -2.81. The van der Waals surface area contributed by atoms with E-state index in [1.807, 2.05) is 48.5 Å². The Morgan fingerprint density at radius 2 is 1.08 bits per heavy atom. The molecule has 0 fully saturated rings. The van der Waals surface area contributed by atoms with Gasteiger partial charge in [0.2, 0.25) is 0 Å². The quantitative estimate of drug-likeness (QED) is 0.365. The smallest absolute Gasteiger partial charge is 0.308 e. The summed E-state index contributed by atoms with van der Waals surface area (Å²) in [6.45, 7) is 0. The fourth-order valence-electron chi connectivity index (χ4n) is 3.65. The molecule has 0 amide bonds. The van der Waals surface area contributed by atoms with Gasteiger partial charge in [0.1, 0.15) is 0 Å². The lowest BCUT2D eigenvalue weighted by Crippen LogP contribution is -2.12. The highest BCUT2D eigenvalue weighted by Crippen LogP contribution is 2.52. The van der Waals surface area contributed by atoms with Gasteiger partial charge in [-0.25, -0.2) is 5.50 Å². The Morgan fingerprint density at radius 1 is 0.640 bits per heavy atom. The maximum Gasteiger partial charge on any atom is 0.325 e. The van der Waals surface area contributed by atoms with Gasteiger partial charge in [-0.1, -0.05) is 60.7 Å². The number of fused-ring (bicyclic) bond motifs is 7. The van der Waals surface area contributed by atoms with Crippen molar-refractivity contribution in [2.24, 2.45) is 5.50 Å². The maximum atomic E-state index is 12.8. The van der Waals surface area contributed by atoms with E-state index in [0.717, 1.165) is 44.0 Å². The normalized spacial score (nSPS) is 14.9. The van der Waals surface area contributed by atoms with Crippen molar-refractivity contribution in [1.82, 2.24) is 0 Å². The SMILES string of the molecule is NP1(=O)Nc2ccc3ccccc3c2-c2c(ccc3ccccc23)N1. The zero-order valence-electron chi connectivity index (χ0n) is 13.4. The molecule has 4 aromatic carbocycles. The highest BCUT2D eigenvalue weighted by molar-refractivity contribution is 7.64. The van der Waals surface area contributed by atoms with Gasteiger partial charge in [-0.15, -0.1) is 0 Å². The van der Waals surface area contributed by atoms with E-state index < -0.39 is 7.59 Å². The third-order valence-electron chi connectivity index (χ3n) is 4.68. The van der Waals surface area contributed by atoms with Gasteiger partial charge < -0.3 is 10.2 Å². The van der Waals surface area contributed by atoms with Crippen molar-refractivity contribution < 1.29 is 4.57 Å². The lowest BCUT2D eigenvalue weighted by molar-refractivity contribution is 0.582. The van der Waals surface area contributed by atoms with Gasteiger partial charge in [0, 0.05) is 11.1 Å². The molecule has 4 aromatic rings. The van der Waals surface area contributed by atoms with Gasteiger partial charge in [-0.2, -0.15) is 0 Å². The predicted molar refractivity (Wildman–Crippen MR) is 106 cm³/mol. The van der Waals surface area contributed by atoms with E-state index in [1.165, 1.54) is 0 Å². The van der Waals surface area contributed by atoms with Crippen molar-refractivity contribution in [3.05, 3.63) is 72.8 Å². The Labute approximate surface area is 145 Å². The second-order valence-electron chi connectivity index (χ2n) is 6.30. The van der Waals surface area contributed by atoms with Crippen molar-refractivity contribution in [3.8, 4) is 11.1 Å². The van der Waals surface area contributed by atoms with Crippen LogP contribution >= 0.6 is 7.59 Å². The Kier molecular flexibility index (Phi) is 2.96. The third kappa shape index (κ3) is 2.23. The zero-order valence-corrected chi connectivity index (χ0v) is 14.3. The van der Waals surface area contributed by atoms with Gasteiger partial charge in [0.15, 0.2) is 0 Å². The minimum Gasteiger partial charge on any atom is -0.308 e. The molecule has 0 atom stereocenters. The molecule has 1 aliphatic rings. The molecule has 0 bridgehead atoms. The van der Waals surface area contributed by atoms with Crippen LogP contribution in [0.4, 0.5) is 11.4 Å². The average Bonchev–Trinajstić information content (AvgIpc) is 2.73. The highest BCUT2D eigenvalue weighted by Gasteiger charge is 2.27. The van der Waals surface area contributed by atoms with Gasteiger partial charge in [0.05, 0.1) is 11.4 Å². The van der Waals surface area contributed by atoms with E-state index >= 15 is 0 Å². The van der Waals surface area contributed by atoms with Gasteiger partial charge in [-0.05, 0) is 33.7 Å². The molecule has 0 aliphatic carbocycles. The molecule has 0 spiro atoms. The van der Waals surface area contributed by atoms with E-state index in [4.69, 9.17) is 5.50 Å². The van der Waals surface area contributed by atoms with E-state index in [0.29, 0.717) is 0 Å². The van der Waals surface area contributed by atoms with Crippen LogP contribution in [-0.2, 0) is 4.57 Å². The molecule has 0 aromatic heterocycles. The number of anilines is 2. The number of hydrogen-bond acceptors (Lipinski definition) is 1. The summed E-state index contributed by atoms with van der Waals surface area (Å²) in [5.41, 5.74) is 9.65. The van der Waals surface area contributed by atoms with Crippen LogP contribution in [0.15, 0.2) is 72.8 Å². The Bertz CT molecular complexity index is 1110. The molecule has 0 saturated carbocycles. The van der Waals surface area contributed by atoms with Crippen molar-refractivity contribution in [2.45, 2.75) is 0 Å². The van der Waals surface area contributed by atoms with Crippen molar-refractivity contribution in [1.29, 1.82) is 0 Å². The second kappa shape index (κ2) is 5.09. The molecule has 4 nitrogen and oxygen atoms in total. The molecule has 0 radical (unpaired) electrons. The first-order valence-electron chi connectivity index (χ1n) is 8.11. The van der Waals surface area contributed by atoms with E-state index in [-0.39, 0.29) is 0 Å². The van der Waals surface area contributed by atoms with Gasteiger partial charge in [-0.3, -0.25) is 4.57 Å². The minimum atomic E-state index is -3.25. The number of benzene rings is 4. The Balaban J connectivity index is 2.02. The highest BCUT2D eigenvalue weighted by atomic mass is 31.2. The molecule has 5 rings (SSSR count). The summed E-state index contributed by atoms with van der Waals surface area (Å²) < 4.78 is 12.8. The van der Waals surface area contributed by atoms with Crippen LogP contribution < -0.4 is 15.7 Å². The molecule has 4 N–H and O–H groups in total. The molecule has 0 saturated heterocycles. The van der Waals surface area contributed by atoms with Crippen LogP contribution in [0.25, 0.3) is 32.7 Å². The summed E-state index contributed by atoms with van der Waals surface area (Å²) >= 11 is 0. The van der Waals surface area contributed by atoms with Gasteiger partial charge >= 0.3 is 7.59 Å². The van der Waals surface area contributed by atoms with Crippen molar-refractivity contribution in [2.75, 3.05) is 10.2 Å². The molecular weight excluding hydrogens is 329 g/mol. The Morgan fingerprint density at radius 3 is 1.56 bits per heavy atom. The third-order valence-corrected chi connectivity index (χ3v) is 5.83. The molecule has 25 heavy (non-hydrogen) atoms. The zero-order chi connectivity index (χ0) is 17.0. The molecule has 1 heterocycles. The summed E-state index contributed by atoms with van der Waals surface area (Å²) in [6.07, 6.45) is 0. The van der Waals surface area contributed by atoms with Crippen molar-refractivity contribution in [3.63, 3.8) is 0 Å². The van der Waals surface area contributed by atoms with Crippen LogP contribution in [-0.4, -0.2) is 0 Å². The fourth-order valence-corrected chi connectivity index (χ4v) is 4.80. The fraction of sp³-hybridized carbons (Fsp3) is 0. The predicted octanol–water partition coefficient (Wildman–Crippen LogP) is 5.56. The number of nitrogens with one attached hydrogen (secondary N) is 2. The van der Waals surface area contributed by atoms with E-state index in [1.54, 1.807) is 0 Å². The molecule has 0 unspecified atom stereocenters. The lowest BCUT2D eigenvalue weighted by atomic mass is 9.91. The molecule has 5 heteroatoms. The second-order valence-corrected chi connectivity index (χ2v) is 8.06. The van der Waals surface area contributed by atoms with Crippen LogP contribution in [0, 0.1) is 0 Å². The topological polar surface area (TPSA) is 67.2 Å². The van der Waals surface area contributed by atoms with E-state index in [9.17, 15) is 4.57 Å². The monoisotopic (exact) mass is 345 g/mol. The van der Waals surface area contributed by atoms with Crippen LogP contribution in [0.5, 0.6) is 0 Å². The first kappa shape index (κ1) is 14.5. The van der Waals surface area contributed by atoms with Crippen LogP contribution in [0.2, 0.25) is 0 Å². The summed E-state index contributed by atoms with van der Waals surface area (Å²) in [5.74, 6) is 0. The van der Waals surface area contributed by atoms with E-state index in [2.05, 4.69) is 34.4 Å². The summed E-state index contributed by atoms with van der Waals surface area (Å²) in [4.78, 5) is 0. The summed E-state index contributed by atoms with van der Waals surface area (Å²) in [6, 6.07) is 24.4. The largest absolute Gasteiger partial charge is 0.325 e. The standard InChI is InChI=1S/C20H16N3OP/c21-25(24)22-17-11-9-13-5-1-3-7-15(13)19(17)20-16-8-4-2-6-14(16)10-12-18(20)23-25/h1-12H,(H4,21,22,23,24). The minimum absolute atomic E-state index is 0.784. The van der Waals surface area contributed by atoms with Crippen LogP contribution in [0.1, 0.15) is 0 Å². The summed E-state index contributed by atoms with van der Waals surface area (Å²) in [7, 11) is -3.25. The number of rotatable bonds is 0. The molecule has 1 aliphatic heterocycles. The number of nitrogens with two attached hydrogens (primary N) is 1. The lowest BCUT2D eigenvalue weighted by Gasteiger charge is -2.15. The molecule has 122 valence electrons. The van der Waals surface area contributed by atoms with Crippen molar-refractivity contribution >= 4 is 40.5 Å².